The minimum absolute atomic E-state index is 0.0414. The van der Waals surface area contributed by atoms with Gasteiger partial charge in [-0.05, 0) is 30.3 Å². The molecule has 0 bridgehead atoms. The van der Waals surface area contributed by atoms with E-state index in [1.165, 1.54) is 12.1 Å². The molecular weight excluding hydrogens is 364 g/mol. The van der Waals surface area contributed by atoms with Gasteiger partial charge in [0.05, 0.1) is 10.5 Å². The maximum atomic E-state index is 13.1. The fourth-order valence-electron chi connectivity index (χ4n) is 3.20. The van der Waals surface area contributed by atoms with E-state index >= 15 is 0 Å². The molecule has 3 aromatic carbocycles. The number of aromatic hydroxyl groups is 2. The first kappa shape index (κ1) is 17.2. The normalized spacial score (nSPS) is 12.3. The van der Waals surface area contributed by atoms with E-state index < -0.39 is 27.9 Å². The number of para-hydroxylation sites is 1. The molecule has 0 amide bonds. The number of phenolic OH excluding ortho intramolecular Hbond substituents is 2. The highest BCUT2D eigenvalue weighted by atomic mass is 16.6. The molecule has 8 heteroatoms. The summed E-state index contributed by atoms with van der Waals surface area (Å²) in [6.45, 7) is 0. The van der Waals surface area contributed by atoms with Gasteiger partial charge in [-0.2, -0.15) is 0 Å². The van der Waals surface area contributed by atoms with E-state index in [1.54, 1.807) is 30.3 Å². The average molecular weight is 376 g/mol. The molecule has 0 saturated heterocycles. The summed E-state index contributed by atoms with van der Waals surface area (Å²) < 4.78 is 0. The van der Waals surface area contributed by atoms with Crippen molar-refractivity contribution in [3.63, 3.8) is 0 Å². The van der Waals surface area contributed by atoms with E-state index in [0.29, 0.717) is 5.69 Å². The zero-order valence-corrected chi connectivity index (χ0v) is 14.2. The summed E-state index contributed by atoms with van der Waals surface area (Å²) in [5.74, 6) is -2.19. The number of ketones is 2. The van der Waals surface area contributed by atoms with Gasteiger partial charge in [0.15, 0.2) is 11.6 Å². The molecule has 0 aromatic heterocycles. The molecule has 0 heterocycles. The molecule has 0 atom stereocenters. The number of hydrogen-bond acceptors (Lipinski definition) is 7. The minimum atomic E-state index is -0.832. The number of nitrogens with zero attached hydrogens (tertiary/aromatic N) is 1. The van der Waals surface area contributed by atoms with Crippen molar-refractivity contribution < 1.29 is 24.7 Å². The SMILES string of the molecule is O=C1c2cc(O)ccc2C(=O)c2c1cc([N+](=O)[O-])c(O)c2Nc1ccccc1. The molecule has 1 aliphatic carbocycles. The van der Waals surface area contributed by atoms with Crippen LogP contribution in [0.3, 0.4) is 0 Å². The maximum absolute atomic E-state index is 13.1. The summed E-state index contributed by atoms with van der Waals surface area (Å²) in [4.78, 5) is 36.5. The van der Waals surface area contributed by atoms with E-state index in [-0.39, 0.29) is 33.7 Å². The first-order valence-electron chi connectivity index (χ1n) is 8.17. The first-order chi connectivity index (χ1) is 13.4. The van der Waals surface area contributed by atoms with Gasteiger partial charge in [0.2, 0.25) is 5.75 Å². The number of anilines is 2. The first-order valence-corrected chi connectivity index (χ1v) is 8.17. The van der Waals surface area contributed by atoms with Crippen LogP contribution in [0.4, 0.5) is 17.1 Å². The van der Waals surface area contributed by atoms with Gasteiger partial charge in [0, 0.05) is 28.4 Å². The van der Waals surface area contributed by atoms with Gasteiger partial charge in [0.1, 0.15) is 11.4 Å². The minimum Gasteiger partial charge on any atom is -0.508 e. The van der Waals surface area contributed by atoms with Crippen LogP contribution in [0.5, 0.6) is 11.5 Å². The second-order valence-electron chi connectivity index (χ2n) is 6.18. The summed E-state index contributed by atoms with van der Waals surface area (Å²) in [5.41, 5.74) is -0.837. The van der Waals surface area contributed by atoms with Crippen LogP contribution >= 0.6 is 0 Å². The van der Waals surface area contributed by atoms with Gasteiger partial charge >= 0.3 is 5.69 Å². The summed E-state index contributed by atoms with van der Waals surface area (Å²) in [6, 6.07) is 13.0. The largest absolute Gasteiger partial charge is 0.508 e. The molecule has 1 aliphatic rings. The Hall–Kier alpha value is -4.20. The Morgan fingerprint density at radius 1 is 0.857 bits per heavy atom. The highest BCUT2D eigenvalue weighted by molar-refractivity contribution is 6.31. The van der Waals surface area contributed by atoms with Gasteiger partial charge < -0.3 is 15.5 Å². The molecule has 3 N–H and O–H groups in total. The second kappa shape index (κ2) is 6.20. The van der Waals surface area contributed by atoms with Crippen molar-refractivity contribution in [2.45, 2.75) is 0 Å². The molecule has 0 radical (unpaired) electrons. The summed E-state index contributed by atoms with van der Waals surface area (Å²) >= 11 is 0. The Kier molecular flexibility index (Phi) is 3.82. The molecule has 28 heavy (non-hydrogen) atoms. The zero-order chi connectivity index (χ0) is 20.0. The van der Waals surface area contributed by atoms with Gasteiger partial charge in [-0.15, -0.1) is 0 Å². The molecule has 8 nitrogen and oxygen atoms in total. The number of fused-ring (bicyclic) bond motifs is 2. The summed E-state index contributed by atoms with van der Waals surface area (Å²) in [7, 11) is 0. The third kappa shape index (κ3) is 2.55. The Morgan fingerprint density at radius 2 is 1.57 bits per heavy atom. The second-order valence-corrected chi connectivity index (χ2v) is 6.18. The lowest BCUT2D eigenvalue weighted by Crippen LogP contribution is -2.22. The lowest BCUT2D eigenvalue weighted by Gasteiger charge is -2.21. The maximum Gasteiger partial charge on any atom is 0.313 e. The quantitative estimate of drug-likeness (QED) is 0.283. The van der Waals surface area contributed by atoms with Crippen LogP contribution in [-0.2, 0) is 0 Å². The van der Waals surface area contributed by atoms with Crippen molar-refractivity contribution in [1.29, 1.82) is 0 Å². The Balaban J connectivity index is 2.01. The smallest absolute Gasteiger partial charge is 0.313 e. The van der Waals surface area contributed by atoms with Crippen LogP contribution in [0.2, 0.25) is 0 Å². The van der Waals surface area contributed by atoms with Crippen molar-refractivity contribution in [2.24, 2.45) is 0 Å². The standard InChI is InChI=1S/C20H12N2O6/c23-11-6-7-12-13(8-11)18(24)14-9-15(22(27)28)20(26)17(16(14)19(12)25)21-10-4-2-1-3-5-10/h1-9,21,23,26H. The lowest BCUT2D eigenvalue weighted by atomic mass is 9.82. The van der Waals surface area contributed by atoms with Crippen LogP contribution in [-0.4, -0.2) is 26.7 Å². The number of carbonyl (C=O) groups is 2. The Bertz CT molecular complexity index is 1170. The molecule has 3 aromatic rings. The number of benzene rings is 3. The lowest BCUT2D eigenvalue weighted by molar-refractivity contribution is -0.385. The van der Waals surface area contributed by atoms with E-state index in [0.717, 1.165) is 12.1 Å². The number of carbonyl (C=O) groups excluding carboxylic acids is 2. The molecule has 0 aliphatic heterocycles. The Labute approximate surface area is 157 Å². The molecule has 0 saturated carbocycles. The van der Waals surface area contributed by atoms with E-state index in [2.05, 4.69) is 5.32 Å². The van der Waals surface area contributed by atoms with Crippen LogP contribution in [0.15, 0.2) is 54.6 Å². The van der Waals surface area contributed by atoms with Gasteiger partial charge in [-0.1, -0.05) is 18.2 Å². The summed E-state index contributed by atoms with van der Waals surface area (Å²) in [5, 5.41) is 34.3. The van der Waals surface area contributed by atoms with Crippen molar-refractivity contribution in [1.82, 2.24) is 0 Å². The number of hydrogen-bond donors (Lipinski definition) is 3. The van der Waals surface area contributed by atoms with Crippen LogP contribution in [0, 0.1) is 10.1 Å². The number of nitrogens with one attached hydrogen (secondary N) is 1. The van der Waals surface area contributed by atoms with Crippen molar-refractivity contribution in [2.75, 3.05) is 5.32 Å². The fourth-order valence-corrected chi connectivity index (χ4v) is 3.20. The molecule has 0 unspecified atom stereocenters. The third-order valence-electron chi connectivity index (χ3n) is 4.48. The predicted molar refractivity (Wildman–Crippen MR) is 99.5 cm³/mol. The third-order valence-corrected chi connectivity index (χ3v) is 4.48. The number of nitro groups is 1. The molecular formula is C20H12N2O6. The van der Waals surface area contributed by atoms with Crippen molar-refractivity contribution in [3.05, 3.63) is 87.0 Å². The molecule has 138 valence electrons. The van der Waals surface area contributed by atoms with Crippen LogP contribution in [0.1, 0.15) is 31.8 Å². The van der Waals surface area contributed by atoms with Crippen LogP contribution < -0.4 is 5.32 Å². The van der Waals surface area contributed by atoms with Crippen molar-refractivity contribution in [3.8, 4) is 11.5 Å². The summed E-state index contributed by atoms with van der Waals surface area (Å²) in [6.07, 6.45) is 0. The zero-order valence-electron chi connectivity index (χ0n) is 14.2. The molecule has 4 rings (SSSR count). The number of rotatable bonds is 3. The van der Waals surface area contributed by atoms with E-state index in [4.69, 9.17) is 0 Å². The molecule has 0 spiro atoms. The predicted octanol–water partition coefficient (Wildman–Crippen LogP) is 3.53. The average Bonchev–Trinajstić information content (AvgIpc) is 2.68. The highest BCUT2D eigenvalue weighted by Gasteiger charge is 2.37. The van der Waals surface area contributed by atoms with Crippen molar-refractivity contribution >= 4 is 28.6 Å². The number of nitro benzene ring substituents is 1. The van der Waals surface area contributed by atoms with Gasteiger partial charge in [-0.3, -0.25) is 19.7 Å². The van der Waals surface area contributed by atoms with E-state index in [9.17, 15) is 29.9 Å². The van der Waals surface area contributed by atoms with Gasteiger partial charge in [-0.25, -0.2) is 0 Å². The van der Waals surface area contributed by atoms with E-state index in [1.807, 2.05) is 0 Å². The Morgan fingerprint density at radius 3 is 2.25 bits per heavy atom. The highest BCUT2D eigenvalue weighted by Crippen LogP contribution is 2.44. The monoisotopic (exact) mass is 376 g/mol. The fraction of sp³-hybridized carbons (Fsp3) is 0. The molecule has 0 fully saturated rings. The number of phenols is 2. The topological polar surface area (TPSA) is 130 Å². The van der Waals surface area contributed by atoms with Crippen LogP contribution in [0.25, 0.3) is 0 Å². The van der Waals surface area contributed by atoms with Gasteiger partial charge in [0.25, 0.3) is 0 Å².